The van der Waals surface area contributed by atoms with E-state index in [1.165, 1.54) is 12.1 Å². The molecule has 1 heterocycles. The number of benzene rings is 1. The monoisotopic (exact) mass is 275 g/mol. The van der Waals surface area contributed by atoms with Crippen LogP contribution in [0.3, 0.4) is 0 Å². The molecule has 102 valence electrons. The van der Waals surface area contributed by atoms with Crippen molar-refractivity contribution in [3.8, 4) is 11.3 Å². The number of aliphatic hydroxyl groups is 1. The first-order valence-electron chi connectivity index (χ1n) is 5.35. The molecule has 0 fully saturated rings. The molecule has 3 nitrogen and oxygen atoms in total. The van der Waals surface area contributed by atoms with Gasteiger partial charge in [-0.05, 0) is 18.2 Å². The van der Waals surface area contributed by atoms with E-state index < -0.39 is 17.6 Å². The fraction of sp³-hybridized carbons (Fsp3) is 0.250. The smallest absolute Gasteiger partial charge is 0.396 e. The first-order chi connectivity index (χ1) is 8.91. The molecule has 0 amide bonds. The minimum atomic E-state index is -4.77. The van der Waals surface area contributed by atoms with Crippen molar-refractivity contribution in [3.63, 3.8) is 0 Å². The first kappa shape index (κ1) is 13.5. The molecule has 0 spiro atoms. The van der Waals surface area contributed by atoms with Gasteiger partial charge in [0.15, 0.2) is 0 Å². The Balaban J connectivity index is 2.39. The molecule has 0 aliphatic heterocycles. The topological polar surface area (TPSA) is 46.3 Å². The van der Waals surface area contributed by atoms with Gasteiger partial charge >= 0.3 is 6.18 Å². The van der Waals surface area contributed by atoms with Crippen LogP contribution < -0.4 is 0 Å². The summed E-state index contributed by atoms with van der Waals surface area (Å²) in [4.78, 5) is 0. The maximum Gasteiger partial charge on any atom is 0.419 e. The van der Waals surface area contributed by atoms with Gasteiger partial charge in [-0.25, -0.2) is 4.39 Å². The second-order valence-corrected chi connectivity index (χ2v) is 3.84. The van der Waals surface area contributed by atoms with Gasteiger partial charge in [0.05, 0.1) is 12.2 Å². The van der Waals surface area contributed by atoms with Crippen molar-refractivity contribution in [2.24, 2.45) is 0 Å². The number of nitrogens with zero attached hydrogens (tertiary/aromatic N) is 1. The van der Waals surface area contributed by atoms with Crippen LogP contribution in [0, 0.1) is 5.82 Å². The Morgan fingerprint density at radius 1 is 1.21 bits per heavy atom. The summed E-state index contributed by atoms with van der Waals surface area (Å²) in [6.07, 6.45) is -4.56. The van der Waals surface area contributed by atoms with Gasteiger partial charge in [0, 0.05) is 18.1 Å². The average molecular weight is 275 g/mol. The third-order valence-electron chi connectivity index (χ3n) is 2.48. The fourth-order valence-corrected chi connectivity index (χ4v) is 1.58. The highest BCUT2D eigenvalue weighted by atomic mass is 19.4. The van der Waals surface area contributed by atoms with Crippen LogP contribution in [0.25, 0.3) is 11.3 Å². The molecule has 0 aliphatic carbocycles. The largest absolute Gasteiger partial charge is 0.419 e. The maximum atomic E-state index is 13.1. The van der Waals surface area contributed by atoms with Crippen molar-refractivity contribution in [2.75, 3.05) is 6.61 Å². The number of hydrogen-bond donors (Lipinski definition) is 1. The molecule has 1 aromatic carbocycles. The highest BCUT2D eigenvalue weighted by Gasteiger charge is 2.34. The molecule has 1 N–H and O–H groups in total. The van der Waals surface area contributed by atoms with E-state index in [4.69, 9.17) is 9.63 Å². The van der Waals surface area contributed by atoms with E-state index in [2.05, 4.69) is 5.16 Å². The zero-order valence-electron chi connectivity index (χ0n) is 9.54. The molecule has 7 heteroatoms. The standard InChI is InChI=1S/C12H9F4NO2/c13-10-2-1-7(5-9(10)12(14,15)16)11-6-8(3-4-18)19-17-11/h1-2,5-6,18H,3-4H2. The van der Waals surface area contributed by atoms with E-state index in [0.29, 0.717) is 11.8 Å². The Hall–Kier alpha value is -1.89. The van der Waals surface area contributed by atoms with E-state index >= 15 is 0 Å². The van der Waals surface area contributed by atoms with Crippen LogP contribution in [0.15, 0.2) is 28.8 Å². The third kappa shape index (κ3) is 2.93. The number of rotatable bonds is 3. The quantitative estimate of drug-likeness (QED) is 0.876. The lowest BCUT2D eigenvalue weighted by Crippen LogP contribution is -2.08. The maximum absolute atomic E-state index is 13.1. The average Bonchev–Trinajstić information content (AvgIpc) is 2.77. The predicted molar refractivity (Wildman–Crippen MR) is 57.7 cm³/mol. The highest BCUT2D eigenvalue weighted by molar-refractivity contribution is 5.60. The molecule has 0 aliphatic rings. The van der Waals surface area contributed by atoms with Crippen molar-refractivity contribution in [2.45, 2.75) is 12.6 Å². The summed E-state index contributed by atoms with van der Waals surface area (Å²) in [5.41, 5.74) is -1.09. The van der Waals surface area contributed by atoms with E-state index in [0.717, 1.165) is 6.07 Å². The summed E-state index contributed by atoms with van der Waals surface area (Å²) in [5, 5.41) is 12.3. The summed E-state index contributed by atoms with van der Waals surface area (Å²) in [6, 6.07) is 4.00. The molecular weight excluding hydrogens is 266 g/mol. The molecule has 1 aromatic heterocycles. The Bertz CT molecular complexity index is 577. The van der Waals surface area contributed by atoms with Crippen molar-refractivity contribution in [1.29, 1.82) is 0 Å². The third-order valence-corrected chi connectivity index (χ3v) is 2.48. The minimum Gasteiger partial charge on any atom is -0.396 e. The Morgan fingerprint density at radius 2 is 1.95 bits per heavy atom. The number of aromatic nitrogens is 1. The first-order valence-corrected chi connectivity index (χ1v) is 5.35. The van der Waals surface area contributed by atoms with Gasteiger partial charge in [0.25, 0.3) is 0 Å². The zero-order valence-corrected chi connectivity index (χ0v) is 9.54. The van der Waals surface area contributed by atoms with Crippen LogP contribution in [0.2, 0.25) is 0 Å². The molecule has 0 radical (unpaired) electrons. The van der Waals surface area contributed by atoms with Gasteiger partial charge in [-0.2, -0.15) is 13.2 Å². The molecule has 0 bridgehead atoms. The van der Waals surface area contributed by atoms with Crippen LogP contribution in [0.4, 0.5) is 17.6 Å². The zero-order chi connectivity index (χ0) is 14.0. The van der Waals surface area contributed by atoms with Crippen LogP contribution in [-0.4, -0.2) is 16.9 Å². The summed E-state index contributed by atoms with van der Waals surface area (Å²) >= 11 is 0. The highest BCUT2D eigenvalue weighted by Crippen LogP contribution is 2.34. The minimum absolute atomic E-state index is 0.0988. The second kappa shape index (κ2) is 5.00. The molecule has 0 saturated carbocycles. The Kier molecular flexibility index (Phi) is 3.57. The van der Waals surface area contributed by atoms with Crippen LogP contribution >= 0.6 is 0 Å². The van der Waals surface area contributed by atoms with Gasteiger partial charge in [-0.3, -0.25) is 0 Å². The predicted octanol–water partition coefficient (Wildman–Crippen LogP) is 3.03. The van der Waals surface area contributed by atoms with E-state index in [1.54, 1.807) is 0 Å². The van der Waals surface area contributed by atoms with E-state index in [1.807, 2.05) is 0 Å². The Morgan fingerprint density at radius 3 is 2.58 bits per heavy atom. The molecule has 19 heavy (non-hydrogen) atoms. The lowest BCUT2D eigenvalue weighted by atomic mass is 10.1. The van der Waals surface area contributed by atoms with Gasteiger partial charge in [-0.15, -0.1) is 0 Å². The summed E-state index contributed by atoms with van der Waals surface area (Å²) in [5.74, 6) is -0.995. The number of alkyl halides is 3. The van der Waals surface area contributed by atoms with Crippen LogP contribution in [-0.2, 0) is 12.6 Å². The van der Waals surface area contributed by atoms with Crippen molar-refractivity contribution in [1.82, 2.24) is 5.16 Å². The van der Waals surface area contributed by atoms with E-state index in [9.17, 15) is 17.6 Å². The molecule has 0 saturated heterocycles. The molecular formula is C12H9F4NO2. The molecule has 0 atom stereocenters. The van der Waals surface area contributed by atoms with Gasteiger partial charge in [-0.1, -0.05) is 5.16 Å². The normalized spacial score (nSPS) is 11.8. The van der Waals surface area contributed by atoms with E-state index in [-0.39, 0.29) is 24.3 Å². The van der Waals surface area contributed by atoms with Gasteiger partial charge in [0.1, 0.15) is 17.3 Å². The summed E-state index contributed by atoms with van der Waals surface area (Å²) < 4.78 is 55.6. The second-order valence-electron chi connectivity index (χ2n) is 3.84. The van der Waals surface area contributed by atoms with Crippen molar-refractivity contribution < 1.29 is 27.2 Å². The number of halogens is 4. The number of aliphatic hydroxyl groups excluding tert-OH is 1. The number of hydrogen-bond acceptors (Lipinski definition) is 3. The van der Waals surface area contributed by atoms with Crippen molar-refractivity contribution >= 4 is 0 Å². The fourth-order valence-electron chi connectivity index (χ4n) is 1.58. The lowest BCUT2D eigenvalue weighted by Gasteiger charge is -2.08. The molecule has 2 rings (SSSR count). The van der Waals surface area contributed by atoms with Crippen molar-refractivity contribution in [3.05, 3.63) is 41.4 Å². The SMILES string of the molecule is OCCc1cc(-c2ccc(F)c(C(F)(F)F)c2)no1. The summed E-state index contributed by atoms with van der Waals surface area (Å²) in [6.45, 7) is -0.161. The Labute approximate surface area is 105 Å². The van der Waals surface area contributed by atoms with Gasteiger partial charge in [0.2, 0.25) is 0 Å². The van der Waals surface area contributed by atoms with Gasteiger partial charge < -0.3 is 9.63 Å². The molecule has 2 aromatic rings. The van der Waals surface area contributed by atoms with Crippen LogP contribution in [0.1, 0.15) is 11.3 Å². The lowest BCUT2D eigenvalue weighted by molar-refractivity contribution is -0.139. The summed E-state index contributed by atoms with van der Waals surface area (Å²) in [7, 11) is 0. The molecule has 0 unspecified atom stereocenters. The van der Waals surface area contributed by atoms with Crippen LogP contribution in [0.5, 0.6) is 0 Å².